The zero-order chi connectivity index (χ0) is 12.9. The Bertz CT molecular complexity index is 456. The Morgan fingerprint density at radius 1 is 1.39 bits per heavy atom. The van der Waals surface area contributed by atoms with Crippen LogP contribution in [-0.2, 0) is 6.54 Å². The number of aromatic nitrogens is 2. The molecule has 1 aromatic rings. The van der Waals surface area contributed by atoms with Gasteiger partial charge in [0.2, 0.25) is 0 Å². The molecule has 5 heteroatoms. The van der Waals surface area contributed by atoms with E-state index in [0.29, 0.717) is 11.8 Å². The highest BCUT2D eigenvalue weighted by Gasteiger charge is 2.43. The van der Waals surface area contributed by atoms with Crippen molar-refractivity contribution in [2.75, 3.05) is 23.7 Å². The lowest BCUT2D eigenvalue weighted by atomic mass is 10.00. The lowest BCUT2D eigenvalue weighted by molar-refractivity contribution is 0.133. The zero-order valence-corrected chi connectivity index (χ0v) is 11.1. The highest BCUT2D eigenvalue weighted by Crippen LogP contribution is 2.41. The van der Waals surface area contributed by atoms with Gasteiger partial charge in [-0.3, -0.25) is 0 Å². The van der Waals surface area contributed by atoms with E-state index in [9.17, 15) is 5.11 Å². The highest BCUT2D eigenvalue weighted by atomic mass is 16.3. The Balaban J connectivity index is 1.89. The van der Waals surface area contributed by atoms with Crippen molar-refractivity contribution in [3.63, 3.8) is 0 Å². The lowest BCUT2D eigenvalue weighted by Crippen LogP contribution is -2.27. The molecular formula is C13H22N4O. The monoisotopic (exact) mass is 250 g/mol. The number of anilines is 2. The van der Waals surface area contributed by atoms with Crippen molar-refractivity contribution in [2.45, 2.75) is 39.3 Å². The van der Waals surface area contributed by atoms with Gasteiger partial charge in [0.25, 0.3) is 0 Å². The third-order valence-corrected chi connectivity index (χ3v) is 4.56. The maximum atomic E-state index is 9.98. The number of nitrogens with two attached hydrogens (primary N) is 1. The SMILES string of the molecule is CCn1nc(C)c(N)c1N1CC2CCC(O)C2C1. The molecule has 3 rings (SSSR count). The molecule has 1 saturated carbocycles. The second-order valence-electron chi connectivity index (χ2n) is 5.61. The van der Waals surface area contributed by atoms with Gasteiger partial charge in [-0.25, -0.2) is 4.68 Å². The van der Waals surface area contributed by atoms with Gasteiger partial charge in [-0.2, -0.15) is 5.10 Å². The summed E-state index contributed by atoms with van der Waals surface area (Å²) in [6, 6.07) is 0. The Kier molecular flexibility index (Phi) is 2.73. The largest absolute Gasteiger partial charge is 0.394 e. The number of hydrogen-bond acceptors (Lipinski definition) is 4. The number of aliphatic hydroxyl groups excluding tert-OH is 1. The summed E-state index contributed by atoms with van der Waals surface area (Å²) in [5.41, 5.74) is 7.86. The molecule has 1 aliphatic heterocycles. The molecule has 1 aliphatic carbocycles. The topological polar surface area (TPSA) is 67.3 Å². The molecule has 18 heavy (non-hydrogen) atoms. The van der Waals surface area contributed by atoms with Gasteiger partial charge in [-0.1, -0.05) is 0 Å². The molecular weight excluding hydrogens is 228 g/mol. The van der Waals surface area contributed by atoms with Crippen LogP contribution in [0, 0.1) is 18.8 Å². The molecule has 1 aromatic heterocycles. The van der Waals surface area contributed by atoms with E-state index in [1.807, 2.05) is 11.6 Å². The van der Waals surface area contributed by atoms with Gasteiger partial charge in [0, 0.05) is 25.6 Å². The van der Waals surface area contributed by atoms with Crippen molar-refractivity contribution < 1.29 is 5.11 Å². The number of aryl methyl sites for hydroxylation is 2. The fourth-order valence-corrected chi connectivity index (χ4v) is 3.55. The predicted molar refractivity (Wildman–Crippen MR) is 71.5 cm³/mol. The Labute approximate surface area is 108 Å². The number of nitrogen functional groups attached to an aromatic ring is 1. The smallest absolute Gasteiger partial charge is 0.150 e. The summed E-state index contributed by atoms with van der Waals surface area (Å²) in [6.07, 6.45) is 1.98. The maximum Gasteiger partial charge on any atom is 0.150 e. The summed E-state index contributed by atoms with van der Waals surface area (Å²) < 4.78 is 1.98. The van der Waals surface area contributed by atoms with Crippen molar-refractivity contribution in [1.82, 2.24) is 9.78 Å². The normalized spacial score (nSPS) is 31.1. The van der Waals surface area contributed by atoms with Crippen LogP contribution in [0.2, 0.25) is 0 Å². The van der Waals surface area contributed by atoms with Crippen LogP contribution in [0.4, 0.5) is 11.5 Å². The van der Waals surface area contributed by atoms with Crippen LogP contribution < -0.4 is 10.6 Å². The first-order chi connectivity index (χ1) is 8.61. The van der Waals surface area contributed by atoms with Crippen LogP contribution >= 0.6 is 0 Å². The van der Waals surface area contributed by atoms with Gasteiger partial charge in [0.05, 0.1) is 17.5 Å². The minimum absolute atomic E-state index is 0.125. The third kappa shape index (κ3) is 1.61. The van der Waals surface area contributed by atoms with E-state index in [-0.39, 0.29) is 6.10 Å². The summed E-state index contributed by atoms with van der Waals surface area (Å²) in [4.78, 5) is 2.32. The minimum Gasteiger partial charge on any atom is -0.394 e. The maximum absolute atomic E-state index is 9.98. The molecule has 0 amide bonds. The standard InChI is InChI=1S/C13H22N4O/c1-3-17-13(12(14)8(2)15-17)16-6-9-4-5-11(18)10(9)7-16/h9-11,18H,3-7,14H2,1-2H3. The number of hydrogen-bond donors (Lipinski definition) is 2. The first-order valence-corrected chi connectivity index (χ1v) is 6.87. The number of fused-ring (bicyclic) bond motifs is 1. The molecule has 0 bridgehead atoms. The first-order valence-electron chi connectivity index (χ1n) is 6.87. The lowest BCUT2D eigenvalue weighted by Gasteiger charge is -2.21. The minimum atomic E-state index is -0.125. The van der Waals surface area contributed by atoms with Crippen molar-refractivity contribution in [3.05, 3.63) is 5.69 Å². The molecule has 2 heterocycles. The van der Waals surface area contributed by atoms with Crippen LogP contribution in [0.15, 0.2) is 0 Å². The van der Waals surface area contributed by atoms with E-state index in [2.05, 4.69) is 16.9 Å². The van der Waals surface area contributed by atoms with E-state index in [4.69, 9.17) is 5.73 Å². The second-order valence-corrected chi connectivity index (χ2v) is 5.61. The second kappa shape index (κ2) is 4.16. The summed E-state index contributed by atoms with van der Waals surface area (Å²) in [7, 11) is 0. The van der Waals surface area contributed by atoms with Gasteiger partial charge in [0.1, 0.15) is 0 Å². The van der Waals surface area contributed by atoms with Gasteiger partial charge in [0.15, 0.2) is 5.82 Å². The Hall–Kier alpha value is -1.23. The van der Waals surface area contributed by atoms with Gasteiger partial charge < -0.3 is 15.7 Å². The Morgan fingerprint density at radius 2 is 2.17 bits per heavy atom. The molecule has 3 atom stereocenters. The Morgan fingerprint density at radius 3 is 2.83 bits per heavy atom. The summed E-state index contributed by atoms with van der Waals surface area (Å²) >= 11 is 0. The molecule has 5 nitrogen and oxygen atoms in total. The van der Waals surface area contributed by atoms with Gasteiger partial charge in [-0.15, -0.1) is 0 Å². The van der Waals surface area contributed by atoms with Crippen molar-refractivity contribution in [2.24, 2.45) is 11.8 Å². The molecule has 1 saturated heterocycles. The van der Waals surface area contributed by atoms with Crippen LogP contribution in [0.3, 0.4) is 0 Å². The van der Waals surface area contributed by atoms with E-state index in [1.54, 1.807) is 0 Å². The third-order valence-electron chi connectivity index (χ3n) is 4.56. The summed E-state index contributed by atoms with van der Waals surface area (Å²) in [5, 5.41) is 14.5. The summed E-state index contributed by atoms with van der Waals surface area (Å²) in [6.45, 7) is 6.80. The zero-order valence-electron chi connectivity index (χ0n) is 11.1. The molecule has 3 N–H and O–H groups in total. The fraction of sp³-hybridized carbons (Fsp3) is 0.769. The average molecular weight is 250 g/mol. The number of nitrogens with zero attached hydrogens (tertiary/aromatic N) is 3. The molecule has 3 unspecified atom stereocenters. The van der Waals surface area contributed by atoms with Crippen LogP contribution in [-0.4, -0.2) is 34.1 Å². The van der Waals surface area contributed by atoms with Gasteiger partial charge >= 0.3 is 0 Å². The van der Waals surface area contributed by atoms with E-state index >= 15 is 0 Å². The van der Waals surface area contributed by atoms with Crippen molar-refractivity contribution in [1.29, 1.82) is 0 Å². The molecule has 0 radical (unpaired) electrons. The van der Waals surface area contributed by atoms with Crippen LogP contribution in [0.5, 0.6) is 0 Å². The average Bonchev–Trinajstić information content (AvgIpc) is 2.97. The van der Waals surface area contributed by atoms with Crippen molar-refractivity contribution >= 4 is 11.5 Å². The van der Waals surface area contributed by atoms with E-state index < -0.39 is 0 Å². The summed E-state index contributed by atoms with van der Waals surface area (Å²) in [5.74, 6) is 2.10. The van der Waals surface area contributed by atoms with E-state index in [1.165, 1.54) is 0 Å². The van der Waals surface area contributed by atoms with Crippen LogP contribution in [0.1, 0.15) is 25.5 Å². The van der Waals surface area contributed by atoms with Crippen LogP contribution in [0.25, 0.3) is 0 Å². The molecule has 2 aliphatic rings. The van der Waals surface area contributed by atoms with Crippen molar-refractivity contribution in [3.8, 4) is 0 Å². The number of rotatable bonds is 2. The highest BCUT2D eigenvalue weighted by molar-refractivity contribution is 5.66. The number of aliphatic hydroxyl groups is 1. The van der Waals surface area contributed by atoms with E-state index in [0.717, 1.165) is 49.7 Å². The molecule has 0 aromatic carbocycles. The predicted octanol–water partition coefficient (Wildman–Crippen LogP) is 1.00. The molecule has 100 valence electrons. The molecule has 2 fully saturated rings. The van der Waals surface area contributed by atoms with Gasteiger partial charge in [-0.05, 0) is 32.6 Å². The quantitative estimate of drug-likeness (QED) is 0.822. The first kappa shape index (κ1) is 11.8. The fourth-order valence-electron chi connectivity index (χ4n) is 3.55. The molecule has 0 spiro atoms.